The summed E-state index contributed by atoms with van der Waals surface area (Å²) in [5.41, 5.74) is 2.27. The molecule has 1 aromatic rings. The molecule has 0 aliphatic carbocycles. The van der Waals surface area contributed by atoms with Gasteiger partial charge in [-0.15, -0.1) is 0 Å². The fourth-order valence-corrected chi connectivity index (χ4v) is 3.56. The number of nitrogens with one attached hydrogen (secondary N) is 3. The van der Waals surface area contributed by atoms with Gasteiger partial charge in [0.15, 0.2) is 5.96 Å². The minimum absolute atomic E-state index is 0.0589. The molecule has 1 heterocycles. The number of hydrogen-bond acceptors (Lipinski definition) is 4. The Balaban J connectivity index is 1.90. The van der Waals surface area contributed by atoms with Gasteiger partial charge < -0.3 is 20.7 Å². The van der Waals surface area contributed by atoms with Gasteiger partial charge in [0.1, 0.15) is 0 Å². The van der Waals surface area contributed by atoms with Gasteiger partial charge in [0.05, 0.1) is 18.8 Å². The van der Waals surface area contributed by atoms with Crippen molar-refractivity contribution >= 4 is 11.9 Å². The number of hydrogen-bond donors (Lipinski definition) is 3. The Labute approximate surface area is 175 Å². The van der Waals surface area contributed by atoms with Gasteiger partial charge in [-0.1, -0.05) is 24.3 Å². The minimum Gasteiger partial charge on any atom is -0.373 e. The van der Waals surface area contributed by atoms with E-state index in [0.29, 0.717) is 12.5 Å². The SMILES string of the molecule is CN=C(NCC(=O)NC(C)(C)C)NCc1ccccc1CN1CC(C)OC(C)C1. The number of morpholine rings is 1. The lowest BCUT2D eigenvalue weighted by atomic mass is 10.1. The van der Waals surface area contributed by atoms with Crippen molar-refractivity contribution in [3.8, 4) is 0 Å². The molecule has 0 saturated carbocycles. The number of rotatable bonds is 6. The van der Waals surface area contributed by atoms with Gasteiger partial charge in [-0.2, -0.15) is 0 Å². The van der Waals surface area contributed by atoms with E-state index in [1.54, 1.807) is 7.05 Å². The molecule has 7 heteroatoms. The maximum atomic E-state index is 12.0. The number of nitrogens with zero attached hydrogens (tertiary/aromatic N) is 2. The van der Waals surface area contributed by atoms with E-state index < -0.39 is 0 Å². The molecule has 162 valence electrons. The Hall–Kier alpha value is -2.12. The summed E-state index contributed by atoms with van der Waals surface area (Å²) < 4.78 is 5.84. The Bertz CT molecular complexity index is 689. The van der Waals surface area contributed by atoms with Crippen LogP contribution in [-0.4, -0.2) is 61.2 Å². The number of amides is 1. The third-order valence-electron chi connectivity index (χ3n) is 4.61. The zero-order valence-corrected chi connectivity index (χ0v) is 18.7. The molecule has 0 aromatic heterocycles. The molecule has 1 aliphatic rings. The van der Waals surface area contributed by atoms with Crippen molar-refractivity contribution in [2.45, 2.75) is 65.5 Å². The van der Waals surface area contributed by atoms with Gasteiger partial charge in [-0.05, 0) is 45.7 Å². The standard InChI is InChI=1S/C22H37N5O2/c1-16-13-27(14-17(2)29-16)15-19-10-8-7-9-18(19)11-24-21(23-6)25-12-20(28)26-22(3,4)5/h7-10,16-17H,11-15H2,1-6H3,(H,26,28)(H2,23,24,25). The fourth-order valence-electron chi connectivity index (χ4n) is 3.56. The molecule has 1 amide bonds. The molecule has 1 aliphatic heterocycles. The van der Waals surface area contributed by atoms with Gasteiger partial charge in [0.25, 0.3) is 0 Å². The van der Waals surface area contributed by atoms with Gasteiger partial charge in [0.2, 0.25) is 5.91 Å². The average molecular weight is 404 g/mol. The molecule has 2 unspecified atom stereocenters. The first-order valence-corrected chi connectivity index (χ1v) is 10.4. The smallest absolute Gasteiger partial charge is 0.239 e. The van der Waals surface area contributed by atoms with Crippen molar-refractivity contribution in [2.24, 2.45) is 4.99 Å². The molecule has 2 rings (SSSR count). The van der Waals surface area contributed by atoms with Gasteiger partial charge in [-0.25, -0.2) is 0 Å². The van der Waals surface area contributed by atoms with Gasteiger partial charge in [-0.3, -0.25) is 14.7 Å². The largest absolute Gasteiger partial charge is 0.373 e. The highest BCUT2D eigenvalue weighted by Gasteiger charge is 2.22. The van der Waals surface area contributed by atoms with E-state index in [0.717, 1.165) is 19.6 Å². The van der Waals surface area contributed by atoms with E-state index in [1.165, 1.54) is 11.1 Å². The summed E-state index contributed by atoms with van der Waals surface area (Å²) in [5, 5.41) is 9.32. The Morgan fingerprint density at radius 1 is 1.14 bits per heavy atom. The summed E-state index contributed by atoms with van der Waals surface area (Å²) >= 11 is 0. The van der Waals surface area contributed by atoms with Crippen LogP contribution in [-0.2, 0) is 22.6 Å². The Morgan fingerprint density at radius 2 is 1.76 bits per heavy atom. The summed E-state index contributed by atoms with van der Waals surface area (Å²) in [7, 11) is 1.71. The first kappa shape index (κ1) is 23.2. The second-order valence-electron chi connectivity index (χ2n) is 8.80. The quantitative estimate of drug-likeness (QED) is 0.499. The van der Waals surface area contributed by atoms with E-state index in [1.807, 2.05) is 20.8 Å². The van der Waals surface area contributed by atoms with Crippen LogP contribution in [0.25, 0.3) is 0 Å². The van der Waals surface area contributed by atoms with Crippen molar-refractivity contribution in [3.63, 3.8) is 0 Å². The first-order chi connectivity index (χ1) is 13.7. The number of aliphatic imine (C=N–C) groups is 1. The van der Waals surface area contributed by atoms with Crippen LogP contribution in [0.4, 0.5) is 0 Å². The van der Waals surface area contributed by atoms with Crippen molar-refractivity contribution in [2.75, 3.05) is 26.7 Å². The summed E-state index contributed by atoms with van der Waals surface area (Å²) in [5.74, 6) is 0.550. The maximum absolute atomic E-state index is 12.0. The van der Waals surface area contributed by atoms with Crippen molar-refractivity contribution in [1.82, 2.24) is 20.9 Å². The number of ether oxygens (including phenoxy) is 1. The molecule has 3 N–H and O–H groups in total. The van der Waals surface area contributed by atoms with Crippen molar-refractivity contribution in [1.29, 1.82) is 0 Å². The Kier molecular flexibility index (Phi) is 8.46. The molecule has 0 radical (unpaired) electrons. The molecule has 1 aromatic carbocycles. The van der Waals surface area contributed by atoms with Crippen LogP contribution in [0.1, 0.15) is 45.7 Å². The number of benzene rings is 1. The topological polar surface area (TPSA) is 78.0 Å². The summed E-state index contributed by atoms with van der Waals surface area (Å²) in [6, 6.07) is 8.44. The average Bonchev–Trinajstić information content (AvgIpc) is 2.60. The molecular formula is C22H37N5O2. The molecule has 0 bridgehead atoms. The second kappa shape index (κ2) is 10.6. The number of carbonyl (C=O) groups excluding carboxylic acids is 1. The third-order valence-corrected chi connectivity index (χ3v) is 4.61. The van der Waals surface area contributed by atoms with Crippen LogP contribution >= 0.6 is 0 Å². The molecule has 1 saturated heterocycles. The van der Waals surface area contributed by atoms with E-state index in [2.05, 4.69) is 64.0 Å². The zero-order chi connectivity index (χ0) is 21.4. The minimum atomic E-state index is -0.247. The molecular weight excluding hydrogens is 366 g/mol. The van der Waals surface area contributed by atoms with Crippen LogP contribution in [0, 0.1) is 0 Å². The highest BCUT2D eigenvalue weighted by atomic mass is 16.5. The van der Waals surface area contributed by atoms with Crippen LogP contribution in [0.5, 0.6) is 0 Å². The lowest BCUT2D eigenvalue weighted by Crippen LogP contribution is -2.48. The predicted molar refractivity (Wildman–Crippen MR) is 118 cm³/mol. The Morgan fingerprint density at radius 3 is 2.34 bits per heavy atom. The highest BCUT2D eigenvalue weighted by Crippen LogP contribution is 2.17. The third kappa shape index (κ3) is 8.41. The molecule has 1 fully saturated rings. The first-order valence-electron chi connectivity index (χ1n) is 10.4. The molecule has 29 heavy (non-hydrogen) atoms. The zero-order valence-electron chi connectivity index (χ0n) is 18.7. The summed E-state index contributed by atoms with van der Waals surface area (Å²) in [6.07, 6.45) is 0.512. The van der Waals surface area contributed by atoms with Crippen molar-refractivity contribution < 1.29 is 9.53 Å². The van der Waals surface area contributed by atoms with Crippen molar-refractivity contribution in [3.05, 3.63) is 35.4 Å². The molecule has 2 atom stereocenters. The number of carbonyl (C=O) groups is 1. The van der Waals surface area contributed by atoms with Crippen LogP contribution in [0.15, 0.2) is 29.3 Å². The number of guanidine groups is 1. The van der Waals surface area contributed by atoms with E-state index in [-0.39, 0.29) is 30.2 Å². The van der Waals surface area contributed by atoms with Crippen LogP contribution in [0.3, 0.4) is 0 Å². The second-order valence-corrected chi connectivity index (χ2v) is 8.80. The lowest BCUT2D eigenvalue weighted by molar-refractivity contribution is -0.121. The van der Waals surface area contributed by atoms with E-state index in [9.17, 15) is 4.79 Å². The molecule has 0 spiro atoms. The monoisotopic (exact) mass is 403 g/mol. The fraction of sp³-hybridized carbons (Fsp3) is 0.636. The molecule has 7 nitrogen and oxygen atoms in total. The maximum Gasteiger partial charge on any atom is 0.239 e. The highest BCUT2D eigenvalue weighted by molar-refractivity contribution is 5.86. The summed E-state index contributed by atoms with van der Waals surface area (Å²) in [6.45, 7) is 13.8. The lowest BCUT2D eigenvalue weighted by Gasteiger charge is -2.35. The summed E-state index contributed by atoms with van der Waals surface area (Å²) in [4.78, 5) is 18.7. The normalized spacial score (nSPS) is 21.0. The van der Waals surface area contributed by atoms with Gasteiger partial charge in [0, 0.05) is 38.8 Å². The van der Waals surface area contributed by atoms with Crippen LogP contribution < -0.4 is 16.0 Å². The van der Waals surface area contributed by atoms with Crippen LogP contribution in [0.2, 0.25) is 0 Å². The van der Waals surface area contributed by atoms with E-state index >= 15 is 0 Å². The van der Waals surface area contributed by atoms with Gasteiger partial charge >= 0.3 is 0 Å². The van der Waals surface area contributed by atoms with E-state index in [4.69, 9.17) is 4.74 Å². The predicted octanol–water partition coefficient (Wildman–Crippen LogP) is 1.88.